The molecule has 1 heterocycles. The van der Waals surface area contributed by atoms with Gasteiger partial charge in [0.1, 0.15) is 18.3 Å². The van der Waals surface area contributed by atoms with E-state index in [0.717, 1.165) is 19.3 Å². The van der Waals surface area contributed by atoms with Gasteiger partial charge in [-0.25, -0.2) is 0 Å². The molecule has 0 amide bonds. The van der Waals surface area contributed by atoms with Crippen molar-refractivity contribution in [1.82, 2.24) is 0 Å². The molecule has 0 aliphatic carbocycles. The van der Waals surface area contributed by atoms with E-state index in [-0.39, 0.29) is 12.6 Å². The van der Waals surface area contributed by atoms with E-state index in [4.69, 9.17) is 14.6 Å². The second kappa shape index (κ2) is 13.5. The summed E-state index contributed by atoms with van der Waals surface area (Å²) in [6.07, 6.45) is 8.45. The SMILES string of the molecule is CCCCCCCCCCCCC(=O)O[C@@H]1CO[C@H]([C@H](O)CO)[C@@H]1O. The molecule has 1 aliphatic rings. The van der Waals surface area contributed by atoms with Gasteiger partial charge < -0.3 is 24.8 Å². The lowest BCUT2D eigenvalue weighted by Gasteiger charge is -2.20. The second-order valence-corrected chi connectivity index (χ2v) is 7.00. The Hall–Kier alpha value is -0.690. The van der Waals surface area contributed by atoms with Gasteiger partial charge in [0.2, 0.25) is 0 Å². The van der Waals surface area contributed by atoms with Crippen LogP contribution in [0.2, 0.25) is 0 Å². The molecule has 25 heavy (non-hydrogen) atoms. The number of ether oxygens (including phenoxy) is 2. The van der Waals surface area contributed by atoms with Gasteiger partial charge in [-0.15, -0.1) is 0 Å². The summed E-state index contributed by atoms with van der Waals surface area (Å²) in [5.74, 6) is -0.341. The molecular formula is C19H36O6. The number of aliphatic hydroxyl groups is 3. The lowest BCUT2D eigenvalue weighted by molar-refractivity contribution is -0.153. The summed E-state index contributed by atoms with van der Waals surface area (Å²) in [6, 6.07) is 0. The van der Waals surface area contributed by atoms with Crippen molar-refractivity contribution in [2.45, 2.75) is 102 Å². The van der Waals surface area contributed by atoms with Gasteiger partial charge in [0.05, 0.1) is 13.2 Å². The third kappa shape index (κ3) is 8.99. The number of unbranched alkanes of at least 4 members (excludes halogenated alkanes) is 9. The molecule has 0 aromatic carbocycles. The molecule has 1 rings (SSSR count). The molecule has 1 saturated heterocycles. The minimum atomic E-state index is -1.17. The zero-order chi connectivity index (χ0) is 18.5. The number of carbonyl (C=O) groups is 1. The first-order valence-corrected chi connectivity index (χ1v) is 9.88. The van der Waals surface area contributed by atoms with Gasteiger partial charge in [-0.1, -0.05) is 64.7 Å². The summed E-state index contributed by atoms with van der Waals surface area (Å²) in [7, 11) is 0. The molecule has 3 N–H and O–H groups in total. The maximum atomic E-state index is 11.8. The topological polar surface area (TPSA) is 96.2 Å². The van der Waals surface area contributed by atoms with Gasteiger partial charge in [-0.3, -0.25) is 4.79 Å². The lowest BCUT2D eigenvalue weighted by atomic mass is 10.1. The van der Waals surface area contributed by atoms with E-state index in [1.807, 2.05) is 0 Å². The zero-order valence-corrected chi connectivity index (χ0v) is 15.6. The number of esters is 1. The Morgan fingerprint density at radius 2 is 1.64 bits per heavy atom. The lowest BCUT2D eigenvalue weighted by Crippen LogP contribution is -2.41. The summed E-state index contributed by atoms with van der Waals surface area (Å²) in [5, 5.41) is 28.4. The van der Waals surface area contributed by atoms with Crippen molar-refractivity contribution in [3.05, 3.63) is 0 Å². The van der Waals surface area contributed by atoms with Crippen LogP contribution in [0, 0.1) is 0 Å². The summed E-state index contributed by atoms with van der Waals surface area (Å²) in [4.78, 5) is 11.8. The molecule has 1 fully saturated rings. The van der Waals surface area contributed by atoms with Gasteiger partial charge in [0, 0.05) is 6.42 Å². The molecule has 0 bridgehead atoms. The first-order chi connectivity index (χ1) is 12.1. The van der Waals surface area contributed by atoms with E-state index in [9.17, 15) is 15.0 Å². The molecular weight excluding hydrogens is 324 g/mol. The van der Waals surface area contributed by atoms with Crippen molar-refractivity contribution in [2.24, 2.45) is 0 Å². The molecule has 1 aliphatic heterocycles. The number of hydrogen-bond donors (Lipinski definition) is 3. The van der Waals surface area contributed by atoms with Crippen molar-refractivity contribution < 1.29 is 29.6 Å². The average molecular weight is 360 g/mol. The van der Waals surface area contributed by atoms with Crippen LogP contribution in [0.25, 0.3) is 0 Å². The van der Waals surface area contributed by atoms with E-state index in [0.29, 0.717) is 6.42 Å². The summed E-state index contributed by atoms with van der Waals surface area (Å²) in [5.41, 5.74) is 0. The standard InChI is InChI=1S/C19H36O6/c1-2-3-4-5-6-7-8-9-10-11-12-17(22)25-16-14-24-19(18(16)23)15(21)13-20/h15-16,18-21,23H,2-14H2,1H3/t15-,16-,18-,19-/m1/s1. The Morgan fingerprint density at radius 1 is 1.08 bits per heavy atom. The third-order valence-corrected chi connectivity index (χ3v) is 4.75. The third-order valence-electron chi connectivity index (χ3n) is 4.75. The molecule has 0 aromatic rings. The monoisotopic (exact) mass is 360 g/mol. The van der Waals surface area contributed by atoms with Crippen LogP contribution in [0.1, 0.15) is 77.6 Å². The van der Waals surface area contributed by atoms with Gasteiger partial charge >= 0.3 is 5.97 Å². The molecule has 0 radical (unpaired) electrons. The summed E-state index contributed by atoms with van der Waals surface area (Å²) < 4.78 is 10.4. The highest BCUT2D eigenvalue weighted by molar-refractivity contribution is 5.69. The Morgan fingerprint density at radius 3 is 2.20 bits per heavy atom. The molecule has 0 aromatic heterocycles. The van der Waals surface area contributed by atoms with Crippen molar-refractivity contribution in [1.29, 1.82) is 0 Å². The van der Waals surface area contributed by atoms with E-state index in [1.54, 1.807) is 0 Å². The van der Waals surface area contributed by atoms with E-state index >= 15 is 0 Å². The Labute approximate surface area is 151 Å². The minimum absolute atomic E-state index is 0.0483. The van der Waals surface area contributed by atoms with Crippen LogP contribution in [0.4, 0.5) is 0 Å². The highest BCUT2D eigenvalue weighted by atomic mass is 16.6. The minimum Gasteiger partial charge on any atom is -0.457 e. The van der Waals surface area contributed by atoms with Crippen LogP contribution < -0.4 is 0 Å². The van der Waals surface area contributed by atoms with Crippen molar-refractivity contribution in [3.8, 4) is 0 Å². The Balaban J connectivity index is 2.01. The first-order valence-electron chi connectivity index (χ1n) is 9.88. The fourth-order valence-electron chi connectivity index (χ4n) is 3.15. The molecule has 0 unspecified atom stereocenters. The Bertz CT molecular complexity index is 349. The van der Waals surface area contributed by atoms with Crippen LogP contribution in [-0.4, -0.2) is 58.9 Å². The van der Waals surface area contributed by atoms with Crippen molar-refractivity contribution in [2.75, 3.05) is 13.2 Å². The fourth-order valence-corrected chi connectivity index (χ4v) is 3.15. The maximum Gasteiger partial charge on any atom is 0.306 e. The quantitative estimate of drug-likeness (QED) is 0.325. The zero-order valence-electron chi connectivity index (χ0n) is 15.6. The Kier molecular flexibility index (Phi) is 12.1. The van der Waals surface area contributed by atoms with Crippen LogP contribution in [-0.2, 0) is 14.3 Å². The van der Waals surface area contributed by atoms with Crippen molar-refractivity contribution >= 4 is 5.97 Å². The number of rotatable bonds is 14. The molecule has 148 valence electrons. The highest BCUT2D eigenvalue weighted by Gasteiger charge is 2.42. The van der Waals surface area contributed by atoms with Gasteiger partial charge in [0.25, 0.3) is 0 Å². The van der Waals surface area contributed by atoms with Gasteiger partial charge in [0.15, 0.2) is 6.10 Å². The predicted molar refractivity (Wildman–Crippen MR) is 95.2 cm³/mol. The molecule has 0 spiro atoms. The first kappa shape index (κ1) is 22.4. The second-order valence-electron chi connectivity index (χ2n) is 7.00. The predicted octanol–water partition coefficient (Wildman–Crippen LogP) is 2.32. The maximum absolute atomic E-state index is 11.8. The normalized spacial score (nSPS) is 24.4. The average Bonchev–Trinajstić information content (AvgIpc) is 2.96. The van der Waals surface area contributed by atoms with Crippen LogP contribution in [0.3, 0.4) is 0 Å². The van der Waals surface area contributed by atoms with Crippen LogP contribution >= 0.6 is 0 Å². The summed E-state index contributed by atoms with van der Waals surface area (Å²) in [6.45, 7) is 1.77. The van der Waals surface area contributed by atoms with Gasteiger partial charge in [-0.2, -0.15) is 0 Å². The molecule has 6 nitrogen and oxygen atoms in total. The molecule has 4 atom stereocenters. The number of aliphatic hydroxyl groups excluding tert-OH is 3. The number of carbonyl (C=O) groups excluding carboxylic acids is 1. The van der Waals surface area contributed by atoms with E-state index < -0.39 is 31.0 Å². The summed E-state index contributed by atoms with van der Waals surface area (Å²) >= 11 is 0. The fraction of sp³-hybridized carbons (Fsp3) is 0.947. The van der Waals surface area contributed by atoms with E-state index in [2.05, 4.69) is 6.92 Å². The van der Waals surface area contributed by atoms with Crippen molar-refractivity contribution in [3.63, 3.8) is 0 Å². The largest absolute Gasteiger partial charge is 0.457 e. The smallest absolute Gasteiger partial charge is 0.306 e. The highest BCUT2D eigenvalue weighted by Crippen LogP contribution is 2.21. The number of hydrogen-bond acceptors (Lipinski definition) is 6. The molecule has 6 heteroatoms. The van der Waals surface area contributed by atoms with Gasteiger partial charge in [-0.05, 0) is 6.42 Å². The van der Waals surface area contributed by atoms with Crippen LogP contribution in [0.5, 0.6) is 0 Å². The molecule has 0 saturated carbocycles. The van der Waals surface area contributed by atoms with Crippen LogP contribution in [0.15, 0.2) is 0 Å². The van der Waals surface area contributed by atoms with E-state index in [1.165, 1.54) is 44.9 Å².